The Hall–Kier alpha value is -4.26. The smallest absolute Gasteiger partial charge is 0.306 e. The molecule has 4 bridgehead atoms. The van der Waals surface area contributed by atoms with Crippen LogP contribution >= 0.6 is 0 Å². The van der Waals surface area contributed by atoms with Gasteiger partial charge in [-0.2, -0.15) is 0 Å². The second-order valence-corrected chi connectivity index (χ2v) is 18.0. The standard InChI is InChI=1S/C41H51N3O9S/c1-4-29-21-41(29,40(48)43-54(49,50)31-13-14-31)22-35(45)34-19-30-23-44(34)39(47)33(26-10-6-5-7-11-26)20-37(46)52-24-25(2)9-8-12-28-17-32-27(18-36(28)51-3)15-16-42-38(32)53-30/h4,8,12,15-18,25-26,29-31,33-34H,1,5-7,9-11,13-14,19-24H2,2-3H3,(H,43,48)/b12-8+/t25-,29+,30-,33+,34+,41-/m1/s1. The van der Waals surface area contributed by atoms with Gasteiger partial charge in [-0.05, 0) is 79.9 Å². The monoisotopic (exact) mass is 761 g/mol. The molecule has 1 aromatic carbocycles. The number of hydrogen-bond acceptors (Lipinski definition) is 10. The molecular formula is C41H51N3O9S. The first-order valence-electron chi connectivity index (χ1n) is 19.4. The fraction of sp³-hybridized carbons (Fsp3) is 0.585. The Kier molecular flexibility index (Phi) is 10.9. The fourth-order valence-corrected chi connectivity index (χ4v) is 10.0. The zero-order chi connectivity index (χ0) is 38.2. The molecule has 1 aromatic heterocycles. The van der Waals surface area contributed by atoms with Gasteiger partial charge in [0.25, 0.3) is 0 Å². The highest BCUT2D eigenvalue weighted by Crippen LogP contribution is 2.57. The van der Waals surface area contributed by atoms with Crippen LogP contribution in [0.1, 0.15) is 89.5 Å². The molecule has 0 radical (unpaired) electrons. The Bertz CT molecular complexity index is 1950. The summed E-state index contributed by atoms with van der Waals surface area (Å²) < 4.78 is 45.9. The van der Waals surface area contributed by atoms with Crippen molar-refractivity contribution >= 4 is 50.4 Å². The van der Waals surface area contributed by atoms with Crippen molar-refractivity contribution in [1.29, 1.82) is 0 Å². The highest BCUT2D eigenvalue weighted by Gasteiger charge is 2.61. The van der Waals surface area contributed by atoms with E-state index < -0.39 is 50.6 Å². The maximum Gasteiger partial charge on any atom is 0.306 e. The van der Waals surface area contributed by atoms with E-state index in [1.165, 1.54) is 0 Å². The van der Waals surface area contributed by atoms with Gasteiger partial charge >= 0.3 is 5.97 Å². The van der Waals surface area contributed by atoms with Gasteiger partial charge in [-0.1, -0.05) is 44.4 Å². The van der Waals surface area contributed by atoms with E-state index in [0.717, 1.165) is 48.4 Å². The SMILES string of the molecule is C=C[C@H]1C[C@]1(CC(=O)[C@@H]1C[C@@H]2CN1C(=O)[C@H](C1CCCCC1)CC(=O)OC[C@H](C)C/C=C/c1cc3c(nccc3cc1OC)O2)C(=O)NS(=O)(=O)C1CC1. The van der Waals surface area contributed by atoms with Crippen LogP contribution in [0.2, 0.25) is 0 Å². The number of hydrogen-bond donors (Lipinski definition) is 1. The molecule has 3 aliphatic carbocycles. The summed E-state index contributed by atoms with van der Waals surface area (Å²) in [5.41, 5.74) is -0.460. The number of rotatable bonds is 9. The van der Waals surface area contributed by atoms with Crippen LogP contribution in [0.3, 0.4) is 0 Å². The second kappa shape index (κ2) is 15.5. The van der Waals surface area contributed by atoms with Gasteiger partial charge in [0.05, 0.1) is 49.3 Å². The van der Waals surface area contributed by atoms with Gasteiger partial charge in [0, 0.05) is 30.0 Å². The highest BCUT2D eigenvalue weighted by molar-refractivity contribution is 7.90. The average molecular weight is 762 g/mol. The largest absolute Gasteiger partial charge is 0.496 e. The molecule has 2 aliphatic heterocycles. The summed E-state index contributed by atoms with van der Waals surface area (Å²) in [7, 11) is -2.24. The van der Waals surface area contributed by atoms with Crippen LogP contribution in [-0.4, -0.2) is 79.5 Å². The number of allylic oxidation sites excluding steroid dienone is 2. The number of benzene rings is 1. The van der Waals surface area contributed by atoms with Crippen molar-refractivity contribution in [2.45, 2.75) is 101 Å². The number of pyridine rings is 1. The van der Waals surface area contributed by atoms with Crippen LogP contribution in [0.25, 0.3) is 16.8 Å². The minimum Gasteiger partial charge on any atom is -0.496 e. The van der Waals surface area contributed by atoms with Crippen molar-refractivity contribution < 1.29 is 41.8 Å². The van der Waals surface area contributed by atoms with Gasteiger partial charge in [0.1, 0.15) is 11.9 Å². The molecule has 2 aromatic rings. The lowest BCUT2D eigenvalue weighted by atomic mass is 9.77. The number of Topliss-reactive ketones (excluding diaryl/α,β-unsaturated/α-hetero) is 1. The number of nitrogens with one attached hydrogen (secondary N) is 1. The number of carbonyl (C=O) groups is 4. The third-order valence-corrected chi connectivity index (χ3v) is 13.9. The van der Waals surface area contributed by atoms with Gasteiger partial charge in [-0.3, -0.25) is 23.9 Å². The topological polar surface area (TPSA) is 158 Å². The van der Waals surface area contributed by atoms with Crippen LogP contribution in [0.4, 0.5) is 0 Å². The molecule has 3 saturated carbocycles. The maximum atomic E-state index is 14.8. The summed E-state index contributed by atoms with van der Waals surface area (Å²) in [5.74, 6) is -1.89. The summed E-state index contributed by atoms with van der Waals surface area (Å²) in [5, 5.41) is 0.989. The van der Waals surface area contributed by atoms with E-state index in [0.29, 0.717) is 30.9 Å². The molecule has 7 rings (SSSR count). The molecule has 12 nitrogen and oxygen atoms in total. The summed E-state index contributed by atoms with van der Waals surface area (Å²) in [4.78, 5) is 62.5. The number of nitrogens with zero attached hydrogens (tertiary/aromatic N) is 2. The molecule has 290 valence electrons. The molecule has 5 aliphatic rings. The molecule has 4 fully saturated rings. The van der Waals surface area contributed by atoms with Crippen LogP contribution in [0.5, 0.6) is 11.6 Å². The van der Waals surface area contributed by atoms with Crippen LogP contribution in [-0.2, 0) is 33.9 Å². The van der Waals surface area contributed by atoms with Gasteiger partial charge in [-0.15, -0.1) is 6.58 Å². The lowest BCUT2D eigenvalue weighted by Gasteiger charge is -2.34. The number of ketones is 1. The molecule has 13 heteroatoms. The number of sulfonamides is 1. The zero-order valence-corrected chi connectivity index (χ0v) is 32.0. The van der Waals surface area contributed by atoms with Crippen molar-refractivity contribution in [3.63, 3.8) is 0 Å². The first-order chi connectivity index (χ1) is 25.9. The van der Waals surface area contributed by atoms with E-state index in [2.05, 4.69) is 16.3 Å². The Balaban J connectivity index is 1.24. The number of methoxy groups -OCH3 is 1. The summed E-state index contributed by atoms with van der Waals surface area (Å²) in [6.07, 6.45) is 12.8. The van der Waals surface area contributed by atoms with Crippen molar-refractivity contribution in [3.05, 3.63) is 48.7 Å². The number of esters is 1. The van der Waals surface area contributed by atoms with E-state index in [1.807, 2.05) is 37.3 Å². The molecule has 0 spiro atoms. The van der Waals surface area contributed by atoms with Gasteiger partial charge in [0.15, 0.2) is 5.78 Å². The summed E-state index contributed by atoms with van der Waals surface area (Å²) in [6, 6.07) is 4.77. The molecule has 2 amide bonds. The Morgan fingerprint density at radius 1 is 1.15 bits per heavy atom. The van der Waals surface area contributed by atoms with Crippen molar-refractivity contribution in [2.24, 2.45) is 29.1 Å². The first-order valence-corrected chi connectivity index (χ1v) is 20.9. The van der Waals surface area contributed by atoms with E-state index in [-0.39, 0.29) is 68.3 Å². The lowest BCUT2D eigenvalue weighted by molar-refractivity contribution is -0.153. The minimum atomic E-state index is -3.85. The highest BCUT2D eigenvalue weighted by atomic mass is 32.2. The van der Waals surface area contributed by atoms with E-state index in [9.17, 15) is 27.6 Å². The Labute approximate surface area is 317 Å². The quantitative estimate of drug-likeness (QED) is 0.254. The lowest BCUT2D eigenvalue weighted by Crippen LogP contribution is -2.48. The Morgan fingerprint density at radius 3 is 2.63 bits per heavy atom. The fourth-order valence-electron chi connectivity index (χ4n) is 8.66. The van der Waals surface area contributed by atoms with Gasteiger partial charge < -0.3 is 19.1 Å². The van der Waals surface area contributed by atoms with Crippen molar-refractivity contribution in [1.82, 2.24) is 14.6 Å². The average Bonchev–Trinajstić information content (AvgIpc) is 4.09. The van der Waals surface area contributed by atoms with Gasteiger partial charge in [-0.25, -0.2) is 13.4 Å². The Morgan fingerprint density at radius 2 is 1.93 bits per heavy atom. The van der Waals surface area contributed by atoms with Crippen molar-refractivity contribution in [2.75, 3.05) is 20.3 Å². The number of carbonyl (C=O) groups excluding carboxylic acids is 4. The number of fused-ring (bicyclic) bond motifs is 3. The summed E-state index contributed by atoms with van der Waals surface area (Å²) >= 11 is 0. The zero-order valence-electron chi connectivity index (χ0n) is 31.2. The molecule has 1 N–H and O–H groups in total. The third kappa shape index (κ3) is 7.92. The maximum absolute atomic E-state index is 14.8. The van der Waals surface area contributed by atoms with Gasteiger partial charge in [0.2, 0.25) is 27.7 Å². The molecule has 6 atom stereocenters. The van der Waals surface area contributed by atoms with E-state index in [4.69, 9.17) is 14.2 Å². The number of ether oxygens (including phenoxy) is 3. The molecule has 3 heterocycles. The second-order valence-electron chi connectivity index (χ2n) is 16.1. The van der Waals surface area contributed by atoms with Crippen molar-refractivity contribution in [3.8, 4) is 11.6 Å². The normalized spacial score (nSPS) is 30.1. The third-order valence-electron chi connectivity index (χ3n) is 12.1. The molecule has 0 unspecified atom stereocenters. The molecule has 54 heavy (non-hydrogen) atoms. The van der Waals surface area contributed by atoms with E-state index >= 15 is 0 Å². The predicted octanol–water partition coefficient (Wildman–Crippen LogP) is 5.53. The van der Waals surface area contributed by atoms with Crippen LogP contribution in [0.15, 0.2) is 43.1 Å². The number of aromatic nitrogens is 1. The minimum absolute atomic E-state index is 0.0202. The molecular weight excluding hydrogens is 711 g/mol. The number of amides is 2. The molecule has 1 saturated heterocycles. The summed E-state index contributed by atoms with van der Waals surface area (Å²) in [6.45, 7) is 6.12. The first kappa shape index (κ1) is 38.0. The number of cyclic esters (lactones) is 1. The van der Waals surface area contributed by atoms with Crippen LogP contribution in [0, 0.1) is 29.1 Å². The van der Waals surface area contributed by atoms with Crippen LogP contribution < -0.4 is 14.2 Å². The predicted molar refractivity (Wildman–Crippen MR) is 202 cm³/mol. The van der Waals surface area contributed by atoms with E-state index in [1.54, 1.807) is 24.3 Å².